The Balaban J connectivity index is 1.40. The molecule has 0 saturated carbocycles. The van der Waals surface area contributed by atoms with Crippen molar-refractivity contribution in [2.24, 2.45) is 5.41 Å². The summed E-state index contributed by atoms with van der Waals surface area (Å²) >= 11 is 2.39. The van der Waals surface area contributed by atoms with Crippen LogP contribution in [0.15, 0.2) is 29.2 Å². The Morgan fingerprint density at radius 3 is 2.85 bits per heavy atom. The van der Waals surface area contributed by atoms with Crippen LogP contribution >= 0.6 is 31.6 Å². The summed E-state index contributed by atoms with van der Waals surface area (Å²) in [5.74, 6) is 0.617. The summed E-state index contributed by atoms with van der Waals surface area (Å²) in [6.45, 7) is 5.38. The number of hydrogen-bond donors (Lipinski definition) is 6. The number of nitrogens with zero attached hydrogens (tertiary/aromatic N) is 2. The van der Waals surface area contributed by atoms with Crippen LogP contribution in [0.3, 0.4) is 0 Å². The molecule has 0 radical (unpaired) electrons. The van der Waals surface area contributed by atoms with Gasteiger partial charge < -0.3 is 40.6 Å². The lowest BCUT2D eigenvalue weighted by Gasteiger charge is -2.26. The third kappa shape index (κ3) is 7.63. The molecule has 2 aromatic heterocycles. The van der Waals surface area contributed by atoms with Gasteiger partial charge in [-0.05, 0) is 33.6 Å². The van der Waals surface area contributed by atoms with Crippen molar-refractivity contribution in [3.8, 4) is 0 Å². The summed E-state index contributed by atoms with van der Waals surface area (Å²) in [5.41, 5.74) is 11.0. The van der Waals surface area contributed by atoms with Gasteiger partial charge in [0.2, 0.25) is 5.95 Å². The maximum absolute atomic E-state index is 12.3. The molecule has 5 atom stereocenters. The molecule has 15 heteroatoms. The van der Waals surface area contributed by atoms with Crippen LogP contribution in [-0.2, 0) is 18.6 Å². The molecule has 1 fully saturated rings. The number of ether oxygens (including phenoxy) is 1. The summed E-state index contributed by atoms with van der Waals surface area (Å²) in [6.07, 6.45) is 5.03. The van der Waals surface area contributed by atoms with Crippen molar-refractivity contribution < 1.29 is 33.9 Å². The summed E-state index contributed by atoms with van der Waals surface area (Å²) in [4.78, 5) is 21.2. The van der Waals surface area contributed by atoms with Crippen LogP contribution in [0.25, 0.3) is 10.9 Å². The fourth-order valence-corrected chi connectivity index (χ4v) is 7.52. The van der Waals surface area contributed by atoms with Crippen LogP contribution in [0.1, 0.15) is 44.6 Å². The van der Waals surface area contributed by atoms with Crippen molar-refractivity contribution in [2.45, 2.75) is 57.5 Å². The number of thiophene rings is 1. The molecular weight excluding hydrogens is 589 g/mol. The number of carbonyl (C=O) groups excluding carboxylic acids is 1. The summed E-state index contributed by atoms with van der Waals surface area (Å²) in [7, 11) is -1.62. The van der Waals surface area contributed by atoms with Gasteiger partial charge in [-0.15, -0.1) is 11.3 Å². The van der Waals surface area contributed by atoms with E-state index in [4.69, 9.17) is 25.3 Å². The van der Waals surface area contributed by atoms with E-state index < -0.39 is 37.9 Å². The normalized spacial score (nSPS) is 25.5. The zero-order chi connectivity index (χ0) is 29.8. The topological polar surface area (TPSA) is 195 Å². The maximum Gasteiger partial charge on any atom is 0.256 e. The van der Waals surface area contributed by atoms with Gasteiger partial charge in [-0.2, -0.15) is 4.98 Å². The summed E-state index contributed by atoms with van der Waals surface area (Å²) < 4.78 is 18.2. The van der Waals surface area contributed by atoms with Crippen LogP contribution in [0.5, 0.6) is 0 Å². The monoisotopic (exact) mass is 627 g/mol. The molecule has 0 amide bonds. The van der Waals surface area contributed by atoms with Crippen molar-refractivity contribution in [1.82, 2.24) is 15.1 Å². The van der Waals surface area contributed by atoms with E-state index in [-0.39, 0.29) is 36.7 Å². The molecule has 4 rings (SSSR count). The van der Waals surface area contributed by atoms with E-state index in [1.807, 2.05) is 6.08 Å². The minimum Gasteiger partial charge on any atom is -0.395 e. The Kier molecular flexibility index (Phi) is 10.8. The van der Waals surface area contributed by atoms with Crippen molar-refractivity contribution in [3.63, 3.8) is 0 Å². The molecule has 5 unspecified atom stereocenters. The molecule has 2 aromatic rings. The van der Waals surface area contributed by atoms with Crippen LogP contribution < -0.4 is 16.6 Å². The Morgan fingerprint density at radius 2 is 2.15 bits per heavy atom. The fourth-order valence-electron chi connectivity index (χ4n) is 4.30. The standard InChI is InChI=1S/C26H38N5O7PS2/c1-25(2,14-32)23(34)40-10-9-36-39(29-11-15-7-5-4-6-8-15)37-12-17-20(33)26(3,35)21(38-17)19-18-16(13-41-19)22(27)31-24(28)30-18/h4-5,7,13,17,20-21,29,32-33,35H,6,8-12,14H2,1-3H3,(H4,27,28,30,31). The summed E-state index contributed by atoms with van der Waals surface area (Å²) in [6, 6.07) is 0. The molecule has 2 aliphatic rings. The minimum absolute atomic E-state index is 0.00458. The predicted molar refractivity (Wildman–Crippen MR) is 162 cm³/mol. The molecule has 1 aliphatic heterocycles. The third-order valence-electron chi connectivity index (χ3n) is 6.92. The zero-order valence-corrected chi connectivity index (χ0v) is 25.8. The summed E-state index contributed by atoms with van der Waals surface area (Å²) in [5, 5.41) is 37.3. The van der Waals surface area contributed by atoms with Crippen LogP contribution in [0.4, 0.5) is 11.8 Å². The van der Waals surface area contributed by atoms with E-state index in [1.54, 1.807) is 19.2 Å². The lowest BCUT2D eigenvalue weighted by atomic mass is 9.92. The van der Waals surface area contributed by atoms with Gasteiger partial charge in [0, 0.05) is 17.7 Å². The first-order valence-corrected chi connectivity index (χ1v) is 16.3. The molecule has 0 bridgehead atoms. The number of nitrogens with one attached hydrogen (secondary N) is 1. The van der Waals surface area contributed by atoms with E-state index >= 15 is 0 Å². The quantitative estimate of drug-likeness (QED) is 0.140. The number of aliphatic hydroxyl groups excluding tert-OH is 2. The van der Waals surface area contributed by atoms with Gasteiger partial charge in [0.05, 0.1) is 41.0 Å². The largest absolute Gasteiger partial charge is 0.395 e. The number of rotatable bonds is 13. The van der Waals surface area contributed by atoms with Crippen molar-refractivity contribution in [1.29, 1.82) is 0 Å². The maximum atomic E-state index is 12.3. The molecule has 41 heavy (non-hydrogen) atoms. The first kappa shape index (κ1) is 32.2. The third-order valence-corrected chi connectivity index (χ3v) is 10.3. The highest BCUT2D eigenvalue weighted by atomic mass is 32.2. The number of thioether (sulfide) groups is 1. The Labute approximate surface area is 248 Å². The minimum atomic E-state index is -1.65. The highest BCUT2D eigenvalue weighted by molar-refractivity contribution is 8.13. The number of nitrogen functional groups attached to an aromatic ring is 2. The van der Waals surface area contributed by atoms with E-state index in [1.165, 1.54) is 23.8 Å². The van der Waals surface area contributed by atoms with E-state index in [0.717, 1.165) is 24.6 Å². The average Bonchev–Trinajstić information content (AvgIpc) is 3.45. The van der Waals surface area contributed by atoms with Gasteiger partial charge in [-0.25, -0.2) is 10.1 Å². The lowest BCUT2D eigenvalue weighted by molar-refractivity contribution is -0.119. The molecule has 3 heterocycles. The van der Waals surface area contributed by atoms with Crippen molar-refractivity contribution in [3.05, 3.63) is 34.1 Å². The average molecular weight is 628 g/mol. The Bertz CT molecular complexity index is 1290. The molecule has 12 nitrogen and oxygen atoms in total. The number of allylic oxidation sites excluding steroid dienone is 3. The molecule has 226 valence electrons. The zero-order valence-electron chi connectivity index (χ0n) is 23.3. The van der Waals surface area contributed by atoms with Gasteiger partial charge in [-0.3, -0.25) is 4.79 Å². The van der Waals surface area contributed by atoms with Crippen LogP contribution in [0.2, 0.25) is 0 Å². The molecule has 8 N–H and O–H groups in total. The molecule has 0 aromatic carbocycles. The number of fused-ring (bicyclic) bond motifs is 1. The Morgan fingerprint density at radius 1 is 1.37 bits per heavy atom. The van der Waals surface area contributed by atoms with Crippen LogP contribution in [0, 0.1) is 5.41 Å². The number of anilines is 2. The van der Waals surface area contributed by atoms with Gasteiger partial charge in [0.1, 0.15) is 29.7 Å². The number of nitrogens with two attached hydrogens (primary N) is 2. The molecule has 0 spiro atoms. The highest BCUT2D eigenvalue weighted by Gasteiger charge is 2.54. The van der Waals surface area contributed by atoms with E-state index in [2.05, 4.69) is 27.2 Å². The number of aliphatic hydroxyl groups is 3. The second-order valence-corrected chi connectivity index (χ2v) is 14.1. The first-order chi connectivity index (χ1) is 19.4. The van der Waals surface area contributed by atoms with Gasteiger partial charge in [0.25, 0.3) is 8.53 Å². The molecule has 1 saturated heterocycles. The van der Waals surface area contributed by atoms with E-state index in [0.29, 0.717) is 28.1 Å². The lowest BCUT2D eigenvalue weighted by Crippen LogP contribution is -2.43. The van der Waals surface area contributed by atoms with Crippen molar-refractivity contribution >= 4 is 59.4 Å². The predicted octanol–water partition coefficient (Wildman–Crippen LogP) is 2.81. The smallest absolute Gasteiger partial charge is 0.256 e. The second-order valence-electron chi connectivity index (χ2n) is 10.7. The SMILES string of the molecule is CC(C)(CO)C(=O)SCCOP(NCC1=CC=CCC1)OCC1OC(c2scc3c(N)nc(N)nc23)C(C)(O)C1O. The number of hydrogen-bond acceptors (Lipinski definition) is 14. The van der Waals surface area contributed by atoms with Crippen LogP contribution in [-0.4, -0.2) is 80.3 Å². The molecular formula is C26H38N5O7PS2. The first-order valence-electron chi connectivity index (χ1n) is 13.2. The van der Waals surface area contributed by atoms with Crippen molar-refractivity contribution in [2.75, 3.05) is 43.6 Å². The number of carbonyl (C=O) groups is 1. The fraction of sp³-hybridized carbons (Fsp3) is 0.577. The second kappa shape index (κ2) is 13.7. The molecule has 1 aliphatic carbocycles. The van der Waals surface area contributed by atoms with E-state index in [9.17, 15) is 20.1 Å². The highest BCUT2D eigenvalue weighted by Crippen LogP contribution is 2.47. The Hall–Kier alpha value is -1.71. The number of aromatic nitrogens is 2. The van der Waals surface area contributed by atoms with Gasteiger partial charge in [0.15, 0.2) is 5.12 Å². The van der Waals surface area contributed by atoms with Gasteiger partial charge in [-0.1, -0.05) is 35.6 Å². The van der Waals surface area contributed by atoms with Gasteiger partial charge >= 0.3 is 0 Å².